The number of piperidine rings is 1. The third-order valence-electron chi connectivity index (χ3n) is 5.78. The molecule has 1 atom stereocenters. The summed E-state index contributed by atoms with van der Waals surface area (Å²) in [6.45, 7) is 10.2. The lowest BCUT2D eigenvalue weighted by molar-refractivity contribution is -0.159. The average molecular weight is 384 g/mol. The second kappa shape index (κ2) is 9.37. The van der Waals surface area contributed by atoms with Crippen LogP contribution in [0.15, 0.2) is 36.5 Å². The zero-order chi connectivity index (χ0) is 20.0. The first-order chi connectivity index (χ1) is 13.6. The van der Waals surface area contributed by atoms with Gasteiger partial charge < -0.3 is 4.74 Å². The van der Waals surface area contributed by atoms with Crippen LogP contribution in [-0.4, -0.2) is 40.3 Å². The minimum atomic E-state index is -0.469. The van der Waals surface area contributed by atoms with Crippen molar-refractivity contribution in [2.75, 3.05) is 19.7 Å². The Morgan fingerprint density at radius 2 is 2.04 bits per heavy atom. The van der Waals surface area contributed by atoms with E-state index >= 15 is 0 Å². The minimum absolute atomic E-state index is 0.0537. The van der Waals surface area contributed by atoms with Crippen LogP contribution in [0.4, 0.5) is 0 Å². The van der Waals surface area contributed by atoms with E-state index in [1.165, 1.54) is 16.8 Å². The van der Waals surface area contributed by atoms with Gasteiger partial charge in [0.2, 0.25) is 0 Å². The molecule has 0 N–H and O–H groups in total. The zero-order valence-electron chi connectivity index (χ0n) is 17.5. The van der Waals surface area contributed by atoms with Crippen molar-refractivity contribution in [1.29, 1.82) is 0 Å². The van der Waals surface area contributed by atoms with Crippen LogP contribution < -0.4 is 0 Å². The molecule has 3 rings (SSSR count). The number of likely N-dealkylation sites (tertiary alicyclic amines) is 1. The van der Waals surface area contributed by atoms with Crippen LogP contribution in [0.1, 0.15) is 49.9 Å². The molecule has 1 aromatic heterocycles. The summed E-state index contributed by atoms with van der Waals surface area (Å²) in [5, 5.41) is 4.54. The Bertz CT molecular complexity index is 771. The highest BCUT2D eigenvalue weighted by atomic mass is 16.5. The van der Waals surface area contributed by atoms with Crippen LogP contribution >= 0.6 is 0 Å². The maximum absolute atomic E-state index is 13.0. The van der Waals surface area contributed by atoms with Crippen molar-refractivity contribution in [3.05, 3.63) is 53.3 Å². The first-order valence-electron chi connectivity index (χ1n) is 10.5. The topological polar surface area (TPSA) is 47.4 Å². The fourth-order valence-electron chi connectivity index (χ4n) is 4.33. The van der Waals surface area contributed by atoms with Crippen molar-refractivity contribution in [3.63, 3.8) is 0 Å². The molecule has 1 saturated heterocycles. The molecule has 152 valence electrons. The number of aromatic nitrogens is 2. The highest BCUT2D eigenvalue weighted by Crippen LogP contribution is 2.36. The fraction of sp³-hybridized carbons (Fsp3) is 0.565. The van der Waals surface area contributed by atoms with E-state index in [1.54, 1.807) is 0 Å². The Kier molecular flexibility index (Phi) is 6.89. The van der Waals surface area contributed by atoms with Crippen molar-refractivity contribution in [1.82, 2.24) is 14.7 Å². The Labute approximate surface area is 168 Å². The molecule has 0 aliphatic carbocycles. The number of ether oxygens (including phenoxy) is 1. The molecule has 5 nitrogen and oxygen atoms in total. The summed E-state index contributed by atoms with van der Waals surface area (Å²) in [6, 6.07) is 10.3. The largest absolute Gasteiger partial charge is 0.466 e. The van der Waals surface area contributed by atoms with Crippen molar-refractivity contribution in [3.8, 4) is 0 Å². The summed E-state index contributed by atoms with van der Waals surface area (Å²) >= 11 is 0. The smallest absolute Gasteiger partial charge is 0.313 e. The third-order valence-corrected chi connectivity index (χ3v) is 5.78. The van der Waals surface area contributed by atoms with Crippen LogP contribution in [0.25, 0.3) is 0 Å². The summed E-state index contributed by atoms with van der Waals surface area (Å²) in [6.07, 6.45) is 5.69. The van der Waals surface area contributed by atoms with Crippen LogP contribution in [0.3, 0.4) is 0 Å². The van der Waals surface area contributed by atoms with Gasteiger partial charge in [0.1, 0.15) is 0 Å². The molecule has 0 amide bonds. The number of carbonyl (C=O) groups is 1. The van der Waals surface area contributed by atoms with Gasteiger partial charge >= 0.3 is 5.97 Å². The number of benzene rings is 1. The molecule has 0 radical (unpaired) electrons. The molecule has 1 aliphatic heterocycles. The Morgan fingerprint density at radius 3 is 2.75 bits per heavy atom. The van der Waals surface area contributed by atoms with E-state index < -0.39 is 5.41 Å². The second-order valence-electron chi connectivity index (χ2n) is 7.96. The van der Waals surface area contributed by atoms with Gasteiger partial charge in [0.25, 0.3) is 0 Å². The summed E-state index contributed by atoms with van der Waals surface area (Å²) in [4.78, 5) is 15.4. The van der Waals surface area contributed by atoms with Gasteiger partial charge in [-0.15, -0.1) is 0 Å². The Balaban J connectivity index is 1.78. The van der Waals surface area contributed by atoms with Crippen molar-refractivity contribution in [2.45, 2.75) is 59.5 Å². The summed E-state index contributed by atoms with van der Waals surface area (Å²) < 4.78 is 7.62. The van der Waals surface area contributed by atoms with Crippen LogP contribution in [0, 0.1) is 12.3 Å². The van der Waals surface area contributed by atoms with Gasteiger partial charge in [0, 0.05) is 30.9 Å². The normalized spacial score (nSPS) is 20.2. The number of hydrogen-bond acceptors (Lipinski definition) is 4. The molecule has 0 spiro atoms. The van der Waals surface area contributed by atoms with Gasteiger partial charge in [0.15, 0.2) is 0 Å². The number of rotatable bonds is 8. The van der Waals surface area contributed by atoms with Gasteiger partial charge in [0.05, 0.1) is 18.2 Å². The van der Waals surface area contributed by atoms with Gasteiger partial charge in [-0.2, -0.15) is 5.10 Å². The Hall–Kier alpha value is -2.14. The minimum Gasteiger partial charge on any atom is -0.466 e. The van der Waals surface area contributed by atoms with Crippen molar-refractivity contribution >= 4 is 5.97 Å². The predicted octanol–water partition coefficient (Wildman–Crippen LogP) is 3.99. The molecule has 5 heteroatoms. The molecular formula is C23H33N3O2. The quantitative estimate of drug-likeness (QED) is 0.647. The van der Waals surface area contributed by atoms with Gasteiger partial charge in [-0.1, -0.05) is 37.3 Å². The van der Waals surface area contributed by atoms with Crippen LogP contribution in [0.2, 0.25) is 0 Å². The second-order valence-corrected chi connectivity index (χ2v) is 7.96. The van der Waals surface area contributed by atoms with Crippen molar-refractivity contribution in [2.24, 2.45) is 5.41 Å². The van der Waals surface area contributed by atoms with Gasteiger partial charge in [-0.3, -0.25) is 14.4 Å². The molecule has 0 bridgehead atoms. The highest BCUT2D eigenvalue weighted by Gasteiger charge is 2.43. The molecule has 2 heterocycles. The summed E-state index contributed by atoms with van der Waals surface area (Å²) in [7, 11) is 0. The summed E-state index contributed by atoms with van der Waals surface area (Å²) in [5.74, 6) is -0.0537. The molecule has 0 saturated carbocycles. The van der Waals surface area contributed by atoms with E-state index in [-0.39, 0.29) is 5.97 Å². The van der Waals surface area contributed by atoms with E-state index in [0.29, 0.717) is 6.61 Å². The molecular weight excluding hydrogens is 350 g/mol. The van der Waals surface area contributed by atoms with Crippen LogP contribution in [-0.2, 0) is 29.0 Å². The summed E-state index contributed by atoms with van der Waals surface area (Å²) in [5.41, 5.74) is 3.22. The van der Waals surface area contributed by atoms with Crippen molar-refractivity contribution < 1.29 is 9.53 Å². The first-order valence-corrected chi connectivity index (χ1v) is 10.5. The molecule has 2 aromatic rings. The number of esters is 1. The SMILES string of the molecule is CCCn1ncc(CN2CCC[C@@](Cc3ccccc3)(C(=O)OCC)C2)c1C. The molecule has 1 fully saturated rings. The zero-order valence-corrected chi connectivity index (χ0v) is 17.5. The fourth-order valence-corrected chi connectivity index (χ4v) is 4.33. The highest BCUT2D eigenvalue weighted by molar-refractivity contribution is 5.77. The standard InChI is InChI=1S/C23H33N3O2/c1-4-13-26-19(3)21(16-24-26)17-25-14-9-12-23(18-25,22(27)28-5-2)15-20-10-7-6-8-11-20/h6-8,10-11,16H,4-5,9,12-15,17-18H2,1-3H3/t23-/m0/s1. The lowest BCUT2D eigenvalue weighted by Crippen LogP contribution is -2.49. The number of nitrogens with zero attached hydrogens (tertiary/aromatic N) is 3. The van der Waals surface area contributed by atoms with Gasteiger partial charge in [-0.25, -0.2) is 0 Å². The van der Waals surface area contributed by atoms with E-state index in [4.69, 9.17) is 4.74 Å². The van der Waals surface area contributed by atoms with E-state index in [1.807, 2.05) is 31.3 Å². The van der Waals surface area contributed by atoms with E-state index in [2.05, 4.69) is 40.7 Å². The lowest BCUT2D eigenvalue weighted by Gasteiger charge is -2.41. The molecule has 0 unspecified atom stereocenters. The predicted molar refractivity (Wildman–Crippen MR) is 111 cm³/mol. The van der Waals surface area contributed by atoms with Crippen LogP contribution in [0.5, 0.6) is 0 Å². The van der Waals surface area contributed by atoms with Gasteiger partial charge in [-0.05, 0) is 51.6 Å². The van der Waals surface area contributed by atoms with E-state index in [0.717, 1.165) is 51.9 Å². The Morgan fingerprint density at radius 1 is 1.25 bits per heavy atom. The number of hydrogen-bond donors (Lipinski definition) is 0. The average Bonchev–Trinajstić information content (AvgIpc) is 3.03. The molecule has 1 aromatic carbocycles. The molecule has 28 heavy (non-hydrogen) atoms. The maximum Gasteiger partial charge on any atom is 0.313 e. The number of aryl methyl sites for hydroxylation is 1. The number of carbonyl (C=O) groups excluding carboxylic acids is 1. The maximum atomic E-state index is 13.0. The third kappa shape index (κ3) is 4.64. The monoisotopic (exact) mass is 383 g/mol. The molecule has 1 aliphatic rings. The van der Waals surface area contributed by atoms with E-state index in [9.17, 15) is 4.79 Å². The lowest BCUT2D eigenvalue weighted by atomic mass is 9.75. The first kappa shape index (κ1) is 20.6.